The van der Waals surface area contributed by atoms with Crippen molar-refractivity contribution >= 4 is 0 Å². The van der Waals surface area contributed by atoms with Gasteiger partial charge in [0.2, 0.25) is 0 Å². The standard InChI is InChI=1S/C15H20O4/c1-5-6-9-10-7-13(16)15(2,3)19-11(10)8-12(18-4)14(9)17/h5,8,13,16-17H,1,6-7H2,2-4H3. The van der Waals surface area contributed by atoms with Gasteiger partial charge in [-0.3, -0.25) is 0 Å². The van der Waals surface area contributed by atoms with Gasteiger partial charge in [0.15, 0.2) is 11.5 Å². The van der Waals surface area contributed by atoms with Crippen LogP contribution in [0.3, 0.4) is 0 Å². The predicted molar refractivity (Wildman–Crippen MR) is 73.0 cm³/mol. The maximum Gasteiger partial charge on any atom is 0.164 e. The fourth-order valence-electron chi connectivity index (χ4n) is 2.34. The number of fused-ring (bicyclic) bond motifs is 1. The first-order valence-electron chi connectivity index (χ1n) is 6.30. The van der Waals surface area contributed by atoms with Crippen LogP contribution in [0.2, 0.25) is 0 Å². The summed E-state index contributed by atoms with van der Waals surface area (Å²) in [5.74, 6) is 1.13. The minimum atomic E-state index is -0.652. The van der Waals surface area contributed by atoms with Crippen molar-refractivity contribution in [3.8, 4) is 17.2 Å². The van der Waals surface area contributed by atoms with Crippen LogP contribution in [0.1, 0.15) is 25.0 Å². The molecule has 4 nitrogen and oxygen atoms in total. The molecule has 1 aromatic rings. The Labute approximate surface area is 113 Å². The Morgan fingerprint density at radius 1 is 1.58 bits per heavy atom. The number of rotatable bonds is 3. The number of aromatic hydroxyl groups is 1. The van der Waals surface area contributed by atoms with Crippen LogP contribution >= 0.6 is 0 Å². The second kappa shape index (κ2) is 4.78. The average molecular weight is 264 g/mol. The van der Waals surface area contributed by atoms with E-state index in [-0.39, 0.29) is 5.75 Å². The molecule has 0 saturated heterocycles. The molecule has 1 aliphatic heterocycles. The van der Waals surface area contributed by atoms with Crippen molar-refractivity contribution < 1.29 is 19.7 Å². The average Bonchev–Trinajstić information content (AvgIpc) is 2.35. The van der Waals surface area contributed by atoms with Crippen LogP contribution in [0, 0.1) is 0 Å². The van der Waals surface area contributed by atoms with E-state index in [9.17, 15) is 10.2 Å². The van der Waals surface area contributed by atoms with E-state index in [1.165, 1.54) is 7.11 Å². The first-order chi connectivity index (χ1) is 8.90. The van der Waals surface area contributed by atoms with Gasteiger partial charge in [-0.2, -0.15) is 0 Å². The number of benzene rings is 1. The molecule has 104 valence electrons. The summed E-state index contributed by atoms with van der Waals surface area (Å²) in [5.41, 5.74) is 0.879. The van der Waals surface area contributed by atoms with Crippen LogP contribution in [0.15, 0.2) is 18.7 Å². The van der Waals surface area contributed by atoms with Crippen molar-refractivity contribution in [2.75, 3.05) is 7.11 Å². The second-order valence-electron chi connectivity index (χ2n) is 5.30. The molecule has 1 aromatic carbocycles. The fraction of sp³-hybridized carbons (Fsp3) is 0.467. The highest BCUT2D eigenvalue weighted by atomic mass is 16.5. The van der Waals surface area contributed by atoms with Gasteiger partial charge in [0, 0.05) is 23.6 Å². The number of phenolic OH excluding ortho intramolecular Hbond substituents is 1. The molecule has 0 radical (unpaired) electrons. The highest BCUT2D eigenvalue weighted by Gasteiger charge is 2.37. The maximum atomic E-state index is 10.2. The molecular formula is C15H20O4. The molecule has 0 aromatic heterocycles. The van der Waals surface area contributed by atoms with Gasteiger partial charge in [-0.1, -0.05) is 6.08 Å². The van der Waals surface area contributed by atoms with Crippen molar-refractivity contribution in [1.29, 1.82) is 0 Å². The molecule has 1 atom stereocenters. The number of phenols is 1. The summed E-state index contributed by atoms with van der Waals surface area (Å²) >= 11 is 0. The van der Waals surface area contributed by atoms with Crippen LogP contribution in [0.5, 0.6) is 17.2 Å². The SMILES string of the molecule is C=CCc1c(O)c(OC)cc2c1CC(O)C(C)(C)O2. The Morgan fingerprint density at radius 2 is 2.26 bits per heavy atom. The monoisotopic (exact) mass is 264 g/mol. The van der Waals surface area contributed by atoms with Gasteiger partial charge < -0.3 is 19.7 Å². The summed E-state index contributed by atoms with van der Waals surface area (Å²) < 4.78 is 11.0. The fourth-order valence-corrected chi connectivity index (χ4v) is 2.34. The van der Waals surface area contributed by atoms with E-state index < -0.39 is 11.7 Å². The zero-order valence-electron chi connectivity index (χ0n) is 11.6. The molecule has 0 spiro atoms. The smallest absolute Gasteiger partial charge is 0.164 e. The Kier molecular flexibility index (Phi) is 3.45. The number of aliphatic hydroxyl groups excluding tert-OH is 1. The lowest BCUT2D eigenvalue weighted by molar-refractivity contribution is -0.0415. The van der Waals surface area contributed by atoms with E-state index in [0.717, 1.165) is 5.56 Å². The molecule has 19 heavy (non-hydrogen) atoms. The molecule has 1 aliphatic rings. The minimum absolute atomic E-state index is 0.0941. The molecule has 0 amide bonds. The number of aliphatic hydroxyl groups is 1. The Hall–Kier alpha value is -1.68. The molecular weight excluding hydrogens is 244 g/mol. The van der Waals surface area contributed by atoms with E-state index >= 15 is 0 Å². The number of ether oxygens (including phenoxy) is 2. The van der Waals surface area contributed by atoms with Crippen LogP contribution in [-0.4, -0.2) is 29.0 Å². The van der Waals surface area contributed by atoms with Gasteiger partial charge in [0.05, 0.1) is 13.2 Å². The molecule has 0 saturated carbocycles. The lowest BCUT2D eigenvalue weighted by Crippen LogP contribution is -2.46. The third-order valence-electron chi connectivity index (χ3n) is 3.58. The van der Waals surface area contributed by atoms with Crippen LogP contribution in [0.4, 0.5) is 0 Å². The number of methoxy groups -OCH3 is 1. The van der Waals surface area contributed by atoms with Crippen molar-refractivity contribution in [2.24, 2.45) is 0 Å². The first-order valence-corrected chi connectivity index (χ1v) is 6.30. The van der Waals surface area contributed by atoms with E-state index in [2.05, 4.69) is 6.58 Å². The third kappa shape index (κ3) is 2.28. The first kappa shape index (κ1) is 13.7. The summed E-state index contributed by atoms with van der Waals surface area (Å²) in [6.45, 7) is 7.37. The Bertz CT molecular complexity index is 505. The summed E-state index contributed by atoms with van der Waals surface area (Å²) in [7, 11) is 1.50. The molecule has 2 rings (SSSR count). The minimum Gasteiger partial charge on any atom is -0.504 e. The van der Waals surface area contributed by atoms with Crippen LogP contribution in [-0.2, 0) is 12.8 Å². The normalized spacial score (nSPS) is 20.3. The van der Waals surface area contributed by atoms with Gasteiger partial charge in [0.25, 0.3) is 0 Å². The van der Waals surface area contributed by atoms with E-state index in [1.807, 2.05) is 13.8 Å². The number of hydrogen-bond donors (Lipinski definition) is 2. The summed E-state index contributed by atoms with van der Waals surface area (Å²) in [6.07, 6.45) is 2.04. The predicted octanol–water partition coefficient (Wildman–Crippen LogP) is 2.20. The quantitative estimate of drug-likeness (QED) is 0.822. The molecule has 0 fully saturated rings. The van der Waals surface area contributed by atoms with Crippen molar-refractivity contribution in [3.05, 3.63) is 29.8 Å². The highest BCUT2D eigenvalue weighted by Crippen LogP contribution is 2.44. The molecule has 1 heterocycles. The highest BCUT2D eigenvalue weighted by molar-refractivity contribution is 5.58. The summed E-state index contributed by atoms with van der Waals surface area (Å²) in [6, 6.07) is 1.67. The zero-order valence-corrected chi connectivity index (χ0v) is 11.6. The summed E-state index contributed by atoms with van der Waals surface area (Å²) in [5, 5.41) is 20.3. The van der Waals surface area contributed by atoms with Crippen LogP contribution in [0.25, 0.3) is 0 Å². The number of allylic oxidation sites excluding steroid dienone is 1. The lowest BCUT2D eigenvalue weighted by Gasteiger charge is -2.38. The van der Waals surface area contributed by atoms with E-state index in [0.29, 0.717) is 29.9 Å². The van der Waals surface area contributed by atoms with Gasteiger partial charge in [-0.15, -0.1) is 6.58 Å². The van der Waals surface area contributed by atoms with Gasteiger partial charge >= 0.3 is 0 Å². The molecule has 4 heteroatoms. The molecule has 0 aliphatic carbocycles. The van der Waals surface area contributed by atoms with Crippen molar-refractivity contribution in [2.45, 2.75) is 38.4 Å². The topological polar surface area (TPSA) is 58.9 Å². The third-order valence-corrected chi connectivity index (χ3v) is 3.58. The van der Waals surface area contributed by atoms with E-state index in [1.54, 1.807) is 12.1 Å². The van der Waals surface area contributed by atoms with Crippen LogP contribution < -0.4 is 9.47 Å². The van der Waals surface area contributed by atoms with Gasteiger partial charge in [-0.25, -0.2) is 0 Å². The van der Waals surface area contributed by atoms with Crippen molar-refractivity contribution in [1.82, 2.24) is 0 Å². The maximum absolute atomic E-state index is 10.2. The van der Waals surface area contributed by atoms with Gasteiger partial charge in [-0.05, 0) is 20.3 Å². The molecule has 1 unspecified atom stereocenters. The zero-order chi connectivity index (χ0) is 14.2. The van der Waals surface area contributed by atoms with E-state index in [4.69, 9.17) is 9.47 Å². The lowest BCUT2D eigenvalue weighted by atomic mass is 9.87. The molecule has 0 bridgehead atoms. The Morgan fingerprint density at radius 3 is 2.84 bits per heavy atom. The summed E-state index contributed by atoms with van der Waals surface area (Å²) in [4.78, 5) is 0. The van der Waals surface area contributed by atoms with Crippen molar-refractivity contribution in [3.63, 3.8) is 0 Å². The Balaban J connectivity index is 2.59. The second-order valence-corrected chi connectivity index (χ2v) is 5.30. The molecule has 2 N–H and O–H groups in total. The van der Waals surface area contributed by atoms with Gasteiger partial charge in [0.1, 0.15) is 11.4 Å². The largest absolute Gasteiger partial charge is 0.504 e. The number of hydrogen-bond acceptors (Lipinski definition) is 4.